The van der Waals surface area contributed by atoms with Gasteiger partial charge in [-0.25, -0.2) is 9.18 Å². The third-order valence-electron chi connectivity index (χ3n) is 1.99. The molecular weight excluding hydrogens is 253 g/mol. The number of hydrogen-bond donors (Lipinski definition) is 0. The van der Waals surface area contributed by atoms with E-state index in [1.54, 1.807) is 20.8 Å². The third-order valence-corrected chi connectivity index (χ3v) is 1.99. The second kappa shape index (κ2) is 5.60. The summed E-state index contributed by atoms with van der Waals surface area (Å²) in [5.74, 6) is -1.33. The van der Waals surface area contributed by atoms with Crippen LogP contribution in [0.1, 0.15) is 26.3 Å². The molecule has 6 heteroatoms. The van der Waals surface area contributed by atoms with Crippen molar-refractivity contribution in [3.05, 3.63) is 45.8 Å². The van der Waals surface area contributed by atoms with Crippen LogP contribution in [0.25, 0.3) is 6.08 Å². The Morgan fingerprint density at radius 3 is 2.58 bits per heavy atom. The number of esters is 1. The smallest absolute Gasteiger partial charge is 0.331 e. The minimum Gasteiger partial charge on any atom is -0.457 e. The van der Waals surface area contributed by atoms with Crippen molar-refractivity contribution in [1.82, 2.24) is 0 Å². The lowest BCUT2D eigenvalue weighted by Gasteiger charge is -2.17. The Hall–Kier alpha value is -2.24. The molecule has 0 aliphatic carbocycles. The number of carbonyl (C=O) groups is 1. The predicted octanol–water partition coefficient (Wildman–Crippen LogP) is 3.09. The van der Waals surface area contributed by atoms with E-state index in [0.29, 0.717) is 0 Å². The van der Waals surface area contributed by atoms with Crippen molar-refractivity contribution in [2.75, 3.05) is 0 Å². The number of nitro groups is 1. The standard InChI is InChI=1S/C13H14FNO4/c1-13(2,3)19-12(16)7-5-9-4-6-10(14)8-11(9)15(17)18/h4-8H,1-3H3/b7-5+. The van der Waals surface area contributed by atoms with Gasteiger partial charge in [0.25, 0.3) is 5.69 Å². The Kier molecular flexibility index (Phi) is 4.37. The molecule has 0 N–H and O–H groups in total. The molecule has 0 amide bonds. The first-order valence-electron chi connectivity index (χ1n) is 5.54. The zero-order chi connectivity index (χ0) is 14.6. The Balaban J connectivity index is 2.94. The lowest BCUT2D eigenvalue weighted by Crippen LogP contribution is -2.22. The van der Waals surface area contributed by atoms with Crippen molar-refractivity contribution in [1.29, 1.82) is 0 Å². The highest BCUT2D eigenvalue weighted by atomic mass is 19.1. The molecule has 1 rings (SSSR count). The Bertz CT molecular complexity index is 532. The van der Waals surface area contributed by atoms with Gasteiger partial charge in [-0.2, -0.15) is 0 Å². The number of halogens is 1. The van der Waals surface area contributed by atoms with E-state index in [4.69, 9.17) is 4.74 Å². The summed E-state index contributed by atoms with van der Waals surface area (Å²) >= 11 is 0. The number of nitrogens with zero attached hydrogens (tertiary/aromatic N) is 1. The van der Waals surface area contributed by atoms with Gasteiger partial charge in [0.2, 0.25) is 0 Å². The van der Waals surface area contributed by atoms with Gasteiger partial charge in [0.05, 0.1) is 16.6 Å². The summed E-state index contributed by atoms with van der Waals surface area (Å²) in [6, 6.07) is 3.12. The summed E-state index contributed by atoms with van der Waals surface area (Å²) < 4.78 is 17.9. The molecule has 0 radical (unpaired) electrons. The zero-order valence-electron chi connectivity index (χ0n) is 10.8. The minimum absolute atomic E-state index is 0.136. The molecular formula is C13H14FNO4. The molecule has 0 unspecified atom stereocenters. The third kappa shape index (κ3) is 4.87. The van der Waals surface area contributed by atoms with Crippen LogP contribution in [-0.4, -0.2) is 16.5 Å². The van der Waals surface area contributed by atoms with Gasteiger partial charge in [0.1, 0.15) is 11.4 Å². The highest BCUT2D eigenvalue weighted by Gasteiger charge is 2.16. The van der Waals surface area contributed by atoms with Gasteiger partial charge in [-0.1, -0.05) is 0 Å². The molecule has 102 valence electrons. The molecule has 1 aromatic rings. The molecule has 19 heavy (non-hydrogen) atoms. The molecule has 0 bridgehead atoms. The average molecular weight is 267 g/mol. The van der Waals surface area contributed by atoms with Gasteiger partial charge in [0.15, 0.2) is 0 Å². The summed E-state index contributed by atoms with van der Waals surface area (Å²) in [5, 5.41) is 10.7. The molecule has 1 aromatic carbocycles. The van der Waals surface area contributed by atoms with Crippen LogP contribution in [0, 0.1) is 15.9 Å². The summed E-state index contributed by atoms with van der Waals surface area (Å²) in [6.45, 7) is 5.12. The van der Waals surface area contributed by atoms with Crippen molar-refractivity contribution in [2.24, 2.45) is 0 Å². The molecule has 0 atom stereocenters. The Morgan fingerprint density at radius 1 is 1.42 bits per heavy atom. The Labute approximate surface area is 109 Å². The van der Waals surface area contributed by atoms with Crippen molar-refractivity contribution in [3.63, 3.8) is 0 Å². The van der Waals surface area contributed by atoms with Gasteiger partial charge in [0, 0.05) is 6.08 Å². The van der Waals surface area contributed by atoms with Crippen LogP contribution in [0.3, 0.4) is 0 Å². The normalized spacial score (nSPS) is 11.6. The average Bonchev–Trinajstić information content (AvgIpc) is 2.24. The van der Waals surface area contributed by atoms with Crippen LogP contribution in [-0.2, 0) is 9.53 Å². The molecule has 0 heterocycles. The monoisotopic (exact) mass is 267 g/mol. The maximum atomic E-state index is 12.9. The van der Waals surface area contributed by atoms with Crippen molar-refractivity contribution in [2.45, 2.75) is 26.4 Å². The fourth-order valence-electron chi connectivity index (χ4n) is 1.31. The van der Waals surface area contributed by atoms with Crippen molar-refractivity contribution in [3.8, 4) is 0 Å². The molecule has 0 spiro atoms. The molecule has 0 aliphatic rings. The van der Waals surface area contributed by atoms with Crippen LogP contribution in [0.15, 0.2) is 24.3 Å². The fraction of sp³-hybridized carbons (Fsp3) is 0.308. The first-order chi connectivity index (χ1) is 8.69. The molecule has 0 aromatic heterocycles. The summed E-state index contributed by atoms with van der Waals surface area (Å²) in [4.78, 5) is 21.5. The topological polar surface area (TPSA) is 69.4 Å². The van der Waals surface area contributed by atoms with Gasteiger partial charge in [-0.05, 0) is 39.0 Å². The number of carbonyl (C=O) groups excluding carboxylic acids is 1. The lowest BCUT2D eigenvalue weighted by molar-refractivity contribution is -0.385. The number of hydrogen-bond acceptors (Lipinski definition) is 4. The number of ether oxygens (including phenoxy) is 1. The van der Waals surface area contributed by atoms with Crippen LogP contribution in [0.4, 0.5) is 10.1 Å². The highest BCUT2D eigenvalue weighted by molar-refractivity contribution is 5.88. The lowest BCUT2D eigenvalue weighted by atomic mass is 10.1. The number of nitro benzene ring substituents is 1. The highest BCUT2D eigenvalue weighted by Crippen LogP contribution is 2.21. The quantitative estimate of drug-likeness (QED) is 0.365. The second-order valence-corrected chi connectivity index (χ2v) is 4.83. The van der Waals surface area contributed by atoms with Crippen LogP contribution >= 0.6 is 0 Å². The Morgan fingerprint density at radius 2 is 2.05 bits per heavy atom. The van der Waals surface area contributed by atoms with E-state index in [1.807, 2.05) is 0 Å². The van der Waals surface area contributed by atoms with Crippen LogP contribution in [0.2, 0.25) is 0 Å². The van der Waals surface area contributed by atoms with Gasteiger partial charge in [-0.15, -0.1) is 0 Å². The zero-order valence-corrected chi connectivity index (χ0v) is 10.8. The van der Waals surface area contributed by atoms with Gasteiger partial charge in [-0.3, -0.25) is 10.1 Å². The van der Waals surface area contributed by atoms with Crippen LogP contribution < -0.4 is 0 Å². The first kappa shape index (κ1) is 14.8. The van der Waals surface area contributed by atoms with E-state index in [9.17, 15) is 19.3 Å². The number of rotatable bonds is 3. The second-order valence-electron chi connectivity index (χ2n) is 4.83. The first-order valence-corrected chi connectivity index (χ1v) is 5.54. The molecule has 0 saturated carbocycles. The molecule has 0 fully saturated rings. The van der Waals surface area contributed by atoms with Crippen molar-refractivity contribution >= 4 is 17.7 Å². The summed E-state index contributed by atoms with van der Waals surface area (Å²) in [6.07, 6.45) is 2.30. The summed E-state index contributed by atoms with van der Waals surface area (Å²) in [5.41, 5.74) is -0.909. The maximum absolute atomic E-state index is 12.9. The SMILES string of the molecule is CC(C)(C)OC(=O)/C=C/c1ccc(F)cc1[N+](=O)[O-]. The summed E-state index contributed by atoms with van der Waals surface area (Å²) in [7, 11) is 0. The van der Waals surface area contributed by atoms with Gasteiger partial charge < -0.3 is 4.74 Å². The van der Waals surface area contributed by atoms with E-state index < -0.39 is 28.0 Å². The molecule has 0 saturated heterocycles. The fourth-order valence-corrected chi connectivity index (χ4v) is 1.31. The maximum Gasteiger partial charge on any atom is 0.331 e. The van der Waals surface area contributed by atoms with E-state index >= 15 is 0 Å². The molecule has 5 nitrogen and oxygen atoms in total. The molecule has 0 aliphatic heterocycles. The predicted molar refractivity (Wildman–Crippen MR) is 67.9 cm³/mol. The largest absolute Gasteiger partial charge is 0.457 e. The van der Waals surface area contributed by atoms with Crippen LogP contribution in [0.5, 0.6) is 0 Å². The minimum atomic E-state index is -0.710. The number of benzene rings is 1. The van der Waals surface area contributed by atoms with E-state index in [2.05, 4.69) is 0 Å². The van der Waals surface area contributed by atoms with E-state index in [0.717, 1.165) is 18.2 Å². The van der Waals surface area contributed by atoms with Crippen molar-refractivity contribution < 1.29 is 18.8 Å². The van der Waals surface area contributed by atoms with Gasteiger partial charge >= 0.3 is 5.97 Å². The van der Waals surface area contributed by atoms with E-state index in [1.165, 1.54) is 12.1 Å². The van der Waals surface area contributed by atoms with E-state index in [-0.39, 0.29) is 5.56 Å².